The first-order valence-corrected chi connectivity index (χ1v) is 7.22. The lowest BCUT2D eigenvalue weighted by atomic mass is 10.1. The minimum absolute atomic E-state index is 1.04. The van der Waals surface area contributed by atoms with Crippen LogP contribution in [-0.2, 0) is 6.54 Å². The smallest absolute Gasteiger partial charge is 0.123 e. The van der Waals surface area contributed by atoms with Gasteiger partial charge in [0.05, 0.1) is 0 Å². The molecule has 2 aromatic rings. The third-order valence-corrected chi connectivity index (χ3v) is 4.04. The van der Waals surface area contributed by atoms with Gasteiger partial charge in [-0.15, -0.1) is 11.3 Å². The van der Waals surface area contributed by atoms with E-state index in [9.17, 15) is 0 Å². The molecule has 3 rings (SSSR count). The predicted octanol–water partition coefficient (Wildman–Crippen LogP) is 2.22. The van der Waals surface area contributed by atoms with Gasteiger partial charge in [0.15, 0.2) is 0 Å². The molecule has 1 aliphatic heterocycles. The fraction of sp³-hybridized carbons (Fsp3) is 0.357. The molecule has 1 fully saturated rings. The third-order valence-electron chi connectivity index (χ3n) is 3.22. The van der Waals surface area contributed by atoms with Gasteiger partial charge in [-0.1, -0.05) is 18.2 Å². The van der Waals surface area contributed by atoms with Gasteiger partial charge in [0.1, 0.15) is 5.01 Å². The summed E-state index contributed by atoms with van der Waals surface area (Å²) in [5.74, 6) is 0. The van der Waals surface area contributed by atoms with Crippen LogP contribution in [0, 0.1) is 0 Å². The second-order valence-corrected chi connectivity index (χ2v) is 5.46. The summed E-state index contributed by atoms with van der Waals surface area (Å²) in [5.41, 5.74) is 2.61. The normalized spacial score (nSPS) is 16.9. The van der Waals surface area contributed by atoms with Gasteiger partial charge in [0, 0.05) is 49.9 Å². The first-order chi connectivity index (χ1) is 8.92. The Bertz CT molecular complexity index is 490. The molecule has 4 heteroatoms. The lowest BCUT2D eigenvalue weighted by Gasteiger charge is -2.27. The number of nitrogens with zero attached hydrogens (tertiary/aromatic N) is 2. The van der Waals surface area contributed by atoms with Crippen molar-refractivity contribution in [2.24, 2.45) is 0 Å². The van der Waals surface area contributed by atoms with Crippen LogP contribution in [0.25, 0.3) is 10.6 Å². The van der Waals surface area contributed by atoms with Gasteiger partial charge in [-0.05, 0) is 11.6 Å². The fourth-order valence-corrected chi connectivity index (χ4v) is 2.93. The highest BCUT2D eigenvalue weighted by Gasteiger charge is 2.10. The lowest BCUT2D eigenvalue weighted by molar-refractivity contribution is 0.233. The molecule has 0 unspecified atom stereocenters. The summed E-state index contributed by atoms with van der Waals surface area (Å²) in [4.78, 5) is 6.87. The first-order valence-electron chi connectivity index (χ1n) is 6.34. The summed E-state index contributed by atoms with van der Waals surface area (Å²) in [7, 11) is 0. The average molecular weight is 259 g/mol. The van der Waals surface area contributed by atoms with Gasteiger partial charge >= 0.3 is 0 Å². The Kier molecular flexibility index (Phi) is 3.69. The number of hydrogen-bond acceptors (Lipinski definition) is 4. The van der Waals surface area contributed by atoms with E-state index in [1.807, 2.05) is 11.6 Å². The van der Waals surface area contributed by atoms with Gasteiger partial charge in [0.25, 0.3) is 0 Å². The molecule has 1 aromatic heterocycles. The van der Waals surface area contributed by atoms with Gasteiger partial charge in [-0.3, -0.25) is 4.90 Å². The van der Waals surface area contributed by atoms with E-state index in [2.05, 4.69) is 39.5 Å². The number of piperazine rings is 1. The maximum atomic E-state index is 4.37. The van der Waals surface area contributed by atoms with Crippen LogP contribution in [-0.4, -0.2) is 36.1 Å². The second-order valence-electron chi connectivity index (χ2n) is 4.56. The molecule has 94 valence electrons. The van der Waals surface area contributed by atoms with Gasteiger partial charge < -0.3 is 5.32 Å². The quantitative estimate of drug-likeness (QED) is 0.916. The zero-order valence-electron chi connectivity index (χ0n) is 10.3. The van der Waals surface area contributed by atoms with Crippen molar-refractivity contribution in [3.8, 4) is 10.6 Å². The zero-order chi connectivity index (χ0) is 12.2. The summed E-state index contributed by atoms with van der Waals surface area (Å²) >= 11 is 1.70. The highest BCUT2D eigenvalue weighted by atomic mass is 32.1. The maximum absolute atomic E-state index is 4.37. The molecule has 0 radical (unpaired) electrons. The Morgan fingerprint density at radius 1 is 1.28 bits per heavy atom. The van der Waals surface area contributed by atoms with Crippen LogP contribution in [0.5, 0.6) is 0 Å². The molecule has 0 atom stereocenters. The molecule has 0 amide bonds. The average Bonchev–Trinajstić information content (AvgIpc) is 2.94. The number of hydrogen-bond donors (Lipinski definition) is 1. The molecule has 0 bridgehead atoms. The van der Waals surface area contributed by atoms with E-state index in [4.69, 9.17) is 0 Å². The Balaban J connectivity index is 1.74. The van der Waals surface area contributed by atoms with Crippen LogP contribution in [0.4, 0.5) is 0 Å². The standard InChI is InChI=1S/C14H17N3S/c1-2-12(11-17-7-4-15-5-8-17)10-13(3-1)14-16-6-9-18-14/h1-3,6,9-10,15H,4-5,7-8,11H2. The fourth-order valence-electron chi connectivity index (χ4n) is 2.30. The Morgan fingerprint density at radius 3 is 2.94 bits per heavy atom. The number of nitrogens with one attached hydrogen (secondary N) is 1. The Morgan fingerprint density at radius 2 is 2.17 bits per heavy atom. The Hall–Kier alpha value is -1.23. The monoisotopic (exact) mass is 259 g/mol. The molecule has 3 nitrogen and oxygen atoms in total. The molecule has 0 saturated carbocycles. The third kappa shape index (κ3) is 2.77. The molecular weight excluding hydrogens is 242 g/mol. The second kappa shape index (κ2) is 5.61. The molecule has 0 aliphatic carbocycles. The van der Waals surface area contributed by atoms with Crippen LogP contribution >= 0.6 is 11.3 Å². The zero-order valence-corrected chi connectivity index (χ0v) is 11.1. The summed E-state index contributed by atoms with van der Waals surface area (Å²) in [5, 5.41) is 6.52. The predicted molar refractivity (Wildman–Crippen MR) is 75.7 cm³/mol. The van der Waals surface area contributed by atoms with Crippen LogP contribution < -0.4 is 5.32 Å². The number of aromatic nitrogens is 1. The maximum Gasteiger partial charge on any atom is 0.123 e. The van der Waals surface area contributed by atoms with E-state index in [0.29, 0.717) is 0 Å². The first kappa shape index (κ1) is 11.8. The number of rotatable bonds is 3. The molecule has 1 aliphatic rings. The molecular formula is C14H17N3S. The highest BCUT2D eigenvalue weighted by molar-refractivity contribution is 7.13. The van der Waals surface area contributed by atoms with Gasteiger partial charge in [-0.25, -0.2) is 4.98 Å². The highest BCUT2D eigenvalue weighted by Crippen LogP contribution is 2.23. The van der Waals surface area contributed by atoms with Crippen molar-refractivity contribution < 1.29 is 0 Å². The largest absolute Gasteiger partial charge is 0.314 e. The minimum atomic E-state index is 1.04. The van der Waals surface area contributed by atoms with Crippen molar-refractivity contribution in [1.82, 2.24) is 15.2 Å². The van der Waals surface area contributed by atoms with Crippen molar-refractivity contribution >= 4 is 11.3 Å². The summed E-state index contributed by atoms with van der Waals surface area (Å²) < 4.78 is 0. The van der Waals surface area contributed by atoms with Gasteiger partial charge in [-0.2, -0.15) is 0 Å². The minimum Gasteiger partial charge on any atom is -0.314 e. The summed E-state index contributed by atoms with van der Waals surface area (Å²) in [6.07, 6.45) is 1.86. The Labute approximate surface area is 111 Å². The van der Waals surface area contributed by atoms with E-state index in [-0.39, 0.29) is 0 Å². The van der Waals surface area contributed by atoms with Crippen LogP contribution in [0.15, 0.2) is 35.8 Å². The van der Waals surface area contributed by atoms with Crippen molar-refractivity contribution in [3.05, 3.63) is 41.4 Å². The van der Waals surface area contributed by atoms with E-state index in [1.54, 1.807) is 11.3 Å². The van der Waals surface area contributed by atoms with Crippen molar-refractivity contribution in [3.63, 3.8) is 0 Å². The van der Waals surface area contributed by atoms with E-state index >= 15 is 0 Å². The molecule has 1 aromatic carbocycles. The van der Waals surface area contributed by atoms with Crippen molar-refractivity contribution in [2.75, 3.05) is 26.2 Å². The van der Waals surface area contributed by atoms with Crippen LogP contribution in [0.3, 0.4) is 0 Å². The molecule has 18 heavy (non-hydrogen) atoms. The summed E-state index contributed by atoms with van der Waals surface area (Å²) in [6.45, 7) is 5.53. The number of thiazole rings is 1. The van der Waals surface area contributed by atoms with Crippen LogP contribution in [0.2, 0.25) is 0 Å². The van der Waals surface area contributed by atoms with E-state index in [0.717, 1.165) is 37.7 Å². The van der Waals surface area contributed by atoms with Crippen LogP contribution in [0.1, 0.15) is 5.56 Å². The molecule has 1 saturated heterocycles. The molecule has 1 N–H and O–H groups in total. The lowest BCUT2D eigenvalue weighted by Crippen LogP contribution is -2.42. The van der Waals surface area contributed by atoms with Crippen molar-refractivity contribution in [2.45, 2.75) is 6.54 Å². The van der Waals surface area contributed by atoms with E-state index < -0.39 is 0 Å². The molecule has 2 heterocycles. The van der Waals surface area contributed by atoms with E-state index in [1.165, 1.54) is 11.1 Å². The number of benzene rings is 1. The van der Waals surface area contributed by atoms with Gasteiger partial charge in [0.2, 0.25) is 0 Å². The molecule has 0 spiro atoms. The topological polar surface area (TPSA) is 28.2 Å². The summed E-state index contributed by atoms with van der Waals surface area (Å²) in [6, 6.07) is 8.74. The van der Waals surface area contributed by atoms with Crippen molar-refractivity contribution in [1.29, 1.82) is 0 Å². The SMILES string of the molecule is c1cc(CN2CCNCC2)cc(-c2nccs2)c1.